The number of carbonyl (C=O) groups is 1. The van der Waals surface area contributed by atoms with Crippen LogP contribution in [0.4, 0.5) is 10.1 Å². The van der Waals surface area contributed by atoms with Gasteiger partial charge in [-0.05, 0) is 18.2 Å². The number of nitrogens with zero attached hydrogens (tertiary/aromatic N) is 2. The molecule has 0 atom stereocenters. The van der Waals surface area contributed by atoms with Crippen molar-refractivity contribution in [3.63, 3.8) is 0 Å². The number of hydrogen-bond donors (Lipinski definition) is 3. The topological polar surface area (TPSA) is 125 Å². The van der Waals surface area contributed by atoms with E-state index in [1.54, 1.807) is 0 Å². The zero-order valence-electron chi connectivity index (χ0n) is 11.4. The van der Waals surface area contributed by atoms with Gasteiger partial charge in [0, 0.05) is 29.3 Å². The summed E-state index contributed by atoms with van der Waals surface area (Å²) in [5, 5.41) is 32.7. The third kappa shape index (κ3) is 4.00. The molecule has 0 saturated carbocycles. The van der Waals surface area contributed by atoms with E-state index in [-0.39, 0.29) is 28.3 Å². The Bertz CT molecular complexity index is 787. The highest BCUT2D eigenvalue weighted by atomic mass is 19.1. The quantitative estimate of drug-likeness (QED) is 0.451. The van der Waals surface area contributed by atoms with E-state index in [0.29, 0.717) is 0 Å². The lowest BCUT2D eigenvalue weighted by atomic mass is 10.2. The lowest BCUT2D eigenvalue weighted by molar-refractivity contribution is -0.384. The Kier molecular flexibility index (Phi) is 4.50. The molecule has 0 bridgehead atoms. The average Bonchev–Trinajstić information content (AvgIpc) is 2.47. The number of hydrogen-bond acceptors (Lipinski definition) is 6. The van der Waals surface area contributed by atoms with Crippen molar-refractivity contribution in [1.29, 1.82) is 0 Å². The Labute approximate surface area is 128 Å². The van der Waals surface area contributed by atoms with Crippen LogP contribution < -0.4 is 5.43 Å². The summed E-state index contributed by atoms with van der Waals surface area (Å²) in [6, 6.07) is 6.11. The molecule has 0 aromatic heterocycles. The van der Waals surface area contributed by atoms with Crippen LogP contribution in [0.15, 0.2) is 41.5 Å². The summed E-state index contributed by atoms with van der Waals surface area (Å²) in [5.74, 6) is -2.14. The molecule has 0 radical (unpaired) electrons. The number of carbonyl (C=O) groups excluding carboxylic acids is 1. The number of nitrogens with one attached hydrogen (secondary N) is 1. The van der Waals surface area contributed by atoms with Crippen LogP contribution in [0, 0.1) is 15.9 Å². The molecule has 2 aromatic carbocycles. The first-order valence-electron chi connectivity index (χ1n) is 6.17. The summed E-state index contributed by atoms with van der Waals surface area (Å²) < 4.78 is 13.5. The van der Waals surface area contributed by atoms with Gasteiger partial charge < -0.3 is 10.2 Å². The molecule has 0 fully saturated rings. The van der Waals surface area contributed by atoms with Gasteiger partial charge in [-0.25, -0.2) is 9.82 Å². The fraction of sp³-hybridized carbons (Fsp3) is 0. The summed E-state index contributed by atoms with van der Waals surface area (Å²) in [5.41, 5.74) is 1.48. The minimum absolute atomic E-state index is 0.0702. The Morgan fingerprint density at radius 2 is 1.87 bits per heavy atom. The number of rotatable bonds is 4. The van der Waals surface area contributed by atoms with Crippen LogP contribution in [-0.2, 0) is 0 Å². The van der Waals surface area contributed by atoms with Crippen LogP contribution >= 0.6 is 0 Å². The van der Waals surface area contributed by atoms with Gasteiger partial charge in [0.1, 0.15) is 17.3 Å². The summed E-state index contributed by atoms with van der Waals surface area (Å²) >= 11 is 0. The maximum Gasteiger partial charge on any atom is 0.271 e. The Balaban J connectivity index is 2.14. The van der Waals surface area contributed by atoms with Crippen LogP contribution in [0.5, 0.6) is 11.5 Å². The molecule has 9 heteroatoms. The van der Waals surface area contributed by atoms with Crippen molar-refractivity contribution in [2.45, 2.75) is 0 Å². The molecule has 0 unspecified atom stereocenters. The number of phenols is 2. The normalized spacial score (nSPS) is 10.7. The van der Waals surface area contributed by atoms with Crippen LogP contribution in [0.25, 0.3) is 0 Å². The minimum Gasteiger partial charge on any atom is -0.508 e. The molecule has 0 aliphatic rings. The third-order valence-corrected chi connectivity index (χ3v) is 2.72. The number of phenolic OH excluding ortho intramolecular Hbond substituents is 2. The van der Waals surface area contributed by atoms with Crippen molar-refractivity contribution in [3.05, 3.63) is 63.5 Å². The zero-order valence-corrected chi connectivity index (χ0v) is 11.4. The third-order valence-electron chi connectivity index (χ3n) is 2.72. The lowest BCUT2D eigenvalue weighted by Gasteiger charge is -2.02. The molecule has 0 heterocycles. The number of halogens is 1. The monoisotopic (exact) mass is 319 g/mol. The first kappa shape index (κ1) is 15.9. The van der Waals surface area contributed by atoms with E-state index in [9.17, 15) is 29.5 Å². The molecule has 8 nitrogen and oxygen atoms in total. The molecule has 0 aliphatic heterocycles. The van der Waals surface area contributed by atoms with Gasteiger partial charge in [-0.2, -0.15) is 5.10 Å². The second-order valence-electron chi connectivity index (χ2n) is 4.40. The fourth-order valence-electron chi connectivity index (χ4n) is 1.69. The van der Waals surface area contributed by atoms with Crippen molar-refractivity contribution in [2.75, 3.05) is 0 Å². The molecular weight excluding hydrogens is 309 g/mol. The van der Waals surface area contributed by atoms with E-state index in [4.69, 9.17) is 0 Å². The molecule has 2 rings (SSSR count). The van der Waals surface area contributed by atoms with E-state index >= 15 is 0 Å². The Hall–Kier alpha value is -3.49. The number of nitro benzene ring substituents is 1. The van der Waals surface area contributed by atoms with Crippen LogP contribution in [0.2, 0.25) is 0 Å². The van der Waals surface area contributed by atoms with Gasteiger partial charge in [-0.3, -0.25) is 14.9 Å². The van der Waals surface area contributed by atoms with E-state index in [0.717, 1.165) is 42.6 Å². The van der Waals surface area contributed by atoms with Crippen molar-refractivity contribution >= 4 is 17.8 Å². The van der Waals surface area contributed by atoms with Gasteiger partial charge in [-0.15, -0.1) is 0 Å². The first-order valence-corrected chi connectivity index (χ1v) is 6.17. The maximum absolute atomic E-state index is 13.5. The highest BCUT2D eigenvalue weighted by Crippen LogP contribution is 2.20. The molecule has 0 aliphatic carbocycles. The average molecular weight is 319 g/mol. The summed E-state index contributed by atoms with van der Waals surface area (Å²) in [6.07, 6.45) is 0.906. The van der Waals surface area contributed by atoms with Crippen LogP contribution in [0.1, 0.15) is 15.9 Å². The Morgan fingerprint density at radius 3 is 2.48 bits per heavy atom. The molecular formula is C14H10FN3O5. The van der Waals surface area contributed by atoms with Crippen molar-refractivity contribution < 1.29 is 24.3 Å². The predicted octanol–water partition coefficient (Wildman–Crippen LogP) is 1.91. The highest BCUT2D eigenvalue weighted by Gasteiger charge is 2.10. The number of nitro groups is 1. The van der Waals surface area contributed by atoms with E-state index < -0.39 is 16.6 Å². The van der Waals surface area contributed by atoms with Crippen molar-refractivity contribution in [2.24, 2.45) is 5.10 Å². The molecule has 2 aromatic rings. The first-order chi connectivity index (χ1) is 10.9. The van der Waals surface area contributed by atoms with Gasteiger partial charge in [-0.1, -0.05) is 0 Å². The number of non-ortho nitro benzene ring substituents is 1. The van der Waals surface area contributed by atoms with Crippen molar-refractivity contribution in [1.82, 2.24) is 5.43 Å². The largest absolute Gasteiger partial charge is 0.508 e. The number of aromatic hydroxyl groups is 2. The van der Waals surface area contributed by atoms with Crippen LogP contribution in [-0.4, -0.2) is 27.3 Å². The molecule has 23 heavy (non-hydrogen) atoms. The van der Waals surface area contributed by atoms with Crippen molar-refractivity contribution in [3.8, 4) is 11.5 Å². The smallest absolute Gasteiger partial charge is 0.271 e. The van der Waals surface area contributed by atoms with E-state index in [1.165, 1.54) is 0 Å². The van der Waals surface area contributed by atoms with E-state index in [1.807, 2.05) is 5.43 Å². The SMILES string of the molecule is O=C(N/N=C/c1cc([N+](=O)[O-])ccc1F)c1cc(O)cc(O)c1. The molecule has 1 amide bonds. The molecule has 0 saturated heterocycles. The van der Waals surface area contributed by atoms with Gasteiger partial charge >= 0.3 is 0 Å². The number of hydrazone groups is 1. The van der Waals surface area contributed by atoms with Gasteiger partial charge in [0.25, 0.3) is 11.6 Å². The second kappa shape index (κ2) is 6.52. The fourth-order valence-corrected chi connectivity index (χ4v) is 1.69. The predicted molar refractivity (Wildman–Crippen MR) is 77.9 cm³/mol. The molecule has 0 spiro atoms. The zero-order chi connectivity index (χ0) is 17.0. The number of amides is 1. The summed E-state index contributed by atoms with van der Waals surface area (Å²) in [6.45, 7) is 0. The summed E-state index contributed by atoms with van der Waals surface area (Å²) in [4.78, 5) is 21.7. The minimum atomic E-state index is -0.765. The highest BCUT2D eigenvalue weighted by molar-refractivity contribution is 5.95. The number of benzene rings is 2. The van der Waals surface area contributed by atoms with E-state index in [2.05, 4.69) is 5.10 Å². The Morgan fingerprint density at radius 1 is 1.22 bits per heavy atom. The standard InChI is InChI=1S/C14H10FN3O5/c15-13-2-1-10(18(22)23)3-9(13)7-16-17-14(21)8-4-11(19)6-12(20)5-8/h1-7,19-20H,(H,17,21)/b16-7+. The van der Waals surface area contributed by atoms with Gasteiger partial charge in [0.2, 0.25) is 0 Å². The lowest BCUT2D eigenvalue weighted by Crippen LogP contribution is -2.17. The molecule has 3 N–H and O–H groups in total. The molecule has 118 valence electrons. The maximum atomic E-state index is 13.5. The van der Waals surface area contributed by atoms with Crippen LogP contribution in [0.3, 0.4) is 0 Å². The van der Waals surface area contributed by atoms with Gasteiger partial charge in [0.15, 0.2) is 0 Å². The second-order valence-corrected chi connectivity index (χ2v) is 4.40. The van der Waals surface area contributed by atoms with Gasteiger partial charge in [0.05, 0.1) is 11.1 Å². The summed E-state index contributed by atoms with van der Waals surface area (Å²) in [7, 11) is 0.